The maximum Gasteiger partial charge on any atom is 0.165 e. The maximum atomic E-state index is 12.3. The van der Waals surface area contributed by atoms with Gasteiger partial charge in [-0.2, -0.15) is 0 Å². The van der Waals surface area contributed by atoms with Crippen LogP contribution in [0.4, 0.5) is 5.69 Å². The van der Waals surface area contributed by atoms with E-state index >= 15 is 0 Å². The average Bonchev–Trinajstić information content (AvgIpc) is 2.48. The summed E-state index contributed by atoms with van der Waals surface area (Å²) >= 11 is 0. The summed E-state index contributed by atoms with van der Waals surface area (Å²) in [7, 11) is 0. The fourth-order valence-electron chi connectivity index (χ4n) is 2.60. The summed E-state index contributed by atoms with van der Waals surface area (Å²) in [6, 6.07) is 15.2. The van der Waals surface area contributed by atoms with Crippen molar-refractivity contribution in [3.63, 3.8) is 0 Å². The molecule has 3 nitrogen and oxygen atoms in total. The first-order chi connectivity index (χ1) is 9.74. The van der Waals surface area contributed by atoms with Crippen LogP contribution in [0.25, 0.3) is 0 Å². The Balaban J connectivity index is 1.79. The Bertz CT molecular complexity index is 619. The highest BCUT2D eigenvalue weighted by atomic mass is 16.5. The second kappa shape index (κ2) is 5.47. The molecule has 3 heteroatoms. The zero-order valence-corrected chi connectivity index (χ0v) is 11.2. The van der Waals surface area contributed by atoms with E-state index in [9.17, 15) is 4.79 Å². The number of Topliss-reactive ketones (excluding diaryl/α,β-unsaturated/α-hetero) is 1. The van der Waals surface area contributed by atoms with Crippen molar-refractivity contribution >= 4 is 11.5 Å². The van der Waals surface area contributed by atoms with E-state index in [2.05, 4.69) is 12.1 Å². The lowest BCUT2D eigenvalue weighted by atomic mass is 9.93. The number of ether oxygens (including phenoxy) is 1. The molecule has 2 aromatic carbocycles. The van der Waals surface area contributed by atoms with Gasteiger partial charge < -0.3 is 10.5 Å². The molecule has 0 aliphatic carbocycles. The van der Waals surface area contributed by atoms with E-state index in [0.717, 1.165) is 12.0 Å². The standard InChI is InChI=1S/C17H17NO2/c18-14-7-5-13(6-8-14)16(19)11-17-15-4-2-1-3-12(15)9-10-20-17/h1-8,17H,9-11,18H2. The molecule has 2 N–H and O–H groups in total. The van der Waals surface area contributed by atoms with Crippen molar-refractivity contribution in [3.05, 3.63) is 65.2 Å². The van der Waals surface area contributed by atoms with Gasteiger partial charge in [0.05, 0.1) is 12.7 Å². The third kappa shape index (κ3) is 2.58. The summed E-state index contributed by atoms with van der Waals surface area (Å²) in [6.07, 6.45) is 1.16. The number of nitrogen functional groups attached to an aromatic ring is 1. The minimum atomic E-state index is -0.134. The highest BCUT2D eigenvalue weighted by molar-refractivity contribution is 5.96. The summed E-state index contributed by atoms with van der Waals surface area (Å²) < 4.78 is 5.77. The number of hydrogen-bond donors (Lipinski definition) is 1. The molecule has 0 saturated carbocycles. The van der Waals surface area contributed by atoms with Crippen LogP contribution in [0.15, 0.2) is 48.5 Å². The number of carbonyl (C=O) groups excluding carboxylic acids is 1. The van der Waals surface area contributed by atoms with Crippen molar-refractivity contribution in [2.75, 3.05) is 12.3 Å². The molecule has 102 valence electrons. The Morgan fingerprint density at radius 1 is 1.15 bits per heavy atom. The lowest BCUT2D eigenvalue weighted by Crippen LogP contribution is -2.19. The second-order valence-corrected chi connectivity index (χ2v) is 5.06. The van der Waals surface area contributed by atoms with E-state index in [1.807, 2.05) is 12.1 Å². The van der Waals surface area contributed by atoms with E-state index in [1.54, 1.807) is 24.3 Å². The zero-order chi connectivity index (χ0) is 13.9. The van der Waals surface area contributed by atoms with Gasteiger partial charge in [0.15, 0.2) is 5.78 Å². The summed E-state index contributed by atoms with van der Waals surface area (Å²) in [5.74, 6) is 0.0895. The Labute approximate surface area is 118 Å². The van der Waals surface area contributed by atoms with Crippen LogP contribution in [0.2, 0.25) is 0 Å². The zero-order valence-electron chi connectivity index (χ0n) is 11.2. The summed E-state index contributed by atoms with van der Waals surface area (Å²) in [5, 5.41) is 0. The Morgan fingerprint density at radius 3 is 2.70 bits per heavy atom. The third-order valence-electron chi connectivity index (χ3n) is 3.70. The van der Waals surface area contributed by atoms with Gasteiger partial charge in [0.1, 0.15) is 0 Å². The van der Waals surface area contributed by atoms with Gasteiger partial charge in [-0.1, -0.05) is 24.3 Å². The van der Waals surface area contributed by atoms with Crippen molar-refractivity contribution in [3.8, 4) is 0 Å². The van der Waals surface area contributed by atoms with Crippen molar-refractivity contribution in [2.45, 2.75) is 18.9 Å². The molecule has 3 rings (SSSR count). The largest absolute Gasteiger partial charge is 0.399 e. The van der Waals surface area contributed by atoms with Gasteiger partial charge in [0, 0.05) is 17.7 Å². The van der Waals surface area contributed by atoms with Crippen LogP contribution in [0.3, 0.4) is 0 Å². The van der Waals surface area contributed by atoms with Crippen molar-refractivity contribution in [2.24, 2.45) is 0 Å². The van der Waals surface area contributed by atoms with E-state index in [-0.39, 0.29) is 11.9 Å². The van der Waals surface area contributed by atoms with Crippen LogP contribution in [0.1, 0.15) is 34.0 Å². The lowest BCUT2D eigenvalue weighted by molar-refractivity contribution is 0.0352. The van der Waals surface area contributed by atoms with Gasteiger partial charge in [0.25, 0.3) is 0 Å². The van der Waals surface area contributed by atoms with Crippen LogP contribution in [-0.2, 0) is 11.2 Å². The smallest absolute Gasteiger partial charge is 0.165 e. The normalized spacial score (nSPS) is 17.5. The molecule has 0 spiro atoms. The Morgan fingerprint density at radius 2 is 1.90 bits per heavy atom. The fraction of sp³-hybridized carbons (Fsp3) is 0.235. The quantitative estimate of drug-likeness (QED) is 0.686. The Hall–Kier alpha value is -2.13. The number of fused-ring (bicyclic) bond motifs is 1. The van der Waals surface area contributed by atoms with Gasteiger partial charge in [-0.3, -0.25) is 4.79 Å². The van der Waals surface area contributed by atoms with E-state index in [1.165, 1.54) is 5.56 Å². The average molecular weight is 267 g/mol. The molecule has 1 aliphatic rings. The molecular weight excluding hydrogens is 250 g/mol. The second-order valence-electron chi connectivity index (χ2n) is 5.06. The molecule has 0 saturated heterocycles. The number of anilines is 1. The maximum absolute atomic E-state index is 12.3. The SMILES string of the molecule is Nc1ccc(C(=O)CC2OCCc3ccccc32)cc1. The lowest BCUT2D eigenvalue weighted by Gasteiger charge is -2.25. The predicted octanol–water partition coefficient (Wildman–Crippen LogP) is 3.16. The third-order valence-corrected chi connectivity index (χ3v) is 3.70. The van der Waals surface area contributed by atoms with Crippen molar-refractivity contribution in [1.82, 2.24) is 0 Å². The topological polar surface area (TPSA) is 52.3 Å². The number of ketones is 1. The molecule has 0 bridgehead atoms. The molecule has 0 fully saturated rings. The molecule has 2 aromatic rings. The molecular formula is C17H17NO2. The first-order valence-electron chi connectivity index (χ1n) is 6.82. The monoisotopic (exact) mass is 267 g/mol. The van der Waals surface area contributed by atoms with Crippen LogP contribution >= 0.6 is 0 Å². The van der Waals surface area contributed by atoms with Crippen LogP contribution in [0.5, 0.6) is 0 Å². The molecule has 0 aromatic heterocycles. The van der Waals surface area contributed by atoms with E-state index in [4.69, 9.17) is 10.5 Å². The van der Waals surface area contributed by atoms with Crippen LogP contribution in [-0.4, -0.2) is 12.4 Å². The fourth-order valence-corrected chi connectivity index (χ4v) is 2.60. The van der Waals surface area contributed by atoms with E-state index < -0.39 is 0 Å². The highest BCUT2D eigenvalue weighted by Crippen LogP contribution is 2.30. The first kappa shape index (κ1) is 12.9. The molecule has 1 unspecified atom stereocenters. The highest BCUT2D eigenvalue weighted by Gasteiger charge is 2.23. The van der Waals surface area contributed by atoms with Gasteiger partial charge in [-0.25, -0.2) is 0 Å². The van der Waals surface area contributed by atoms with Gasteiger partial charge >= 0.3 is 0 Å². The number of carbonyl (C=O) groups is 1. The number of benzene rings is 2. The molecule has 20 heavy (non-hydrogen) atoms. The van der Waals surface area contributed by atoms with Gasteiger partial charge in [-0.15, -0.1) is 0 Å². The van der Waals surface area contributed by atoms with Crippen molar-refractivity contribution in [1.29, 1.82) is 0 Å². The first-order valence-corrected chi connectivity index (χ1v) is 6.82. The predicted molar refractivity (Wildman–Crippen MR) is 78.6 cm³/mol. The minimum Gasteiger partial charge on any atom is -0.399 e. The van der Waals surface area contributed by atoms with E-state index in [0.29, 0.717) is 24.3 Å². The molecule has 0 radical (unpaired) electrons. The summed E-state index contributed by atoms with van der Waals surface area (Å²) in [5.41, 5.74) is 9.42. The van der Waals surface area contributed by atoms with Crippen LogP contribution in [0, 0.1) is 0 Å². The number of nitrogens with two attached hydrogens (primary N) is 1. The number of rotatable bonds is 3. The molecule has 0 amide bonds. The minimum absolute atomic E-state index is 0.0895. The Kier molecular flexibility index (Phi) is 3.52. The molecule has 1 atom stereocenters. The molecule has 1 heterocycles. The molecule has 1 aliphatic heterocycles. The summed E-state index contributed by atoms with van der Waals surface area (Å²) in [4.78, 5) is 12.3. The van der Waals surface area contributed by atoms with Gasteiger partial charge in [-0.05, 0) is 41.8 Å². The summed E-state index contributed by atoms with van der Waals surface area (Å²) in [6.45, 7) is 0.677. The van der Waals surface area contributed by atoms with Crippen LogP contribution < -0.4 is 5.73 Å². The van der Waals surface area contributed by atoms with Gasteiger partial charge in [0.2, 0.25) is 0 Å². The van der Waals surface area contributed by atoms with Crippen molar-refractivity contribution < 1.29 is 9.53 Å². The number of hydrogen-bond acceptors (Lipinski definition) is 3.